The number of nitrogens with zero attached hydrogens (tertiary/aromatic N) is 2. The van der Waals surface area contributed by atoms with Gasteiger partial charge < -0.3 is 9.84 Å². The normalized spacial score (nSPS) is 11.1. The van der Waals surface area contributed by atoms with E-state index in [-0.39, 0.29) is 6.61 Å². The molecule has 0 aliphatic rings. The van der Waals surface area contributed by atoms with Crippen molar-refractivity contribution >= 4 is 27.9 Å². The molecule has 0 saturated carbocycles. The standard InChI is InChI=1S/C13H11ClN2O2S/c1-8-2-3-9(14)11(6-8)18-12-10(7-17)16-4-5-19-13(16)15-12/h2-6,17H,7H2,1H3. The number of imidazole rings is 1. The lowest BCUT2D eigenvalue weighted by Crippen LogP contribution is -1.94. The number of hydrogen-bond donors (Lipinski definition) is 1. The number of halogens is 1. The smallest absolute Gasteiger partial charge is 0.244 e. The SMILES string of the molecule is Cc1ccc(Cl)c(Oc2nc3sccn3c2CO)c1. The summed E-state index contributed by atoms with van der Waals surface area (Å²) in [6, 6.07) is 5.54. The average molecular weight is 295 g/mol. The highest BCUT2D eigenvalue weighted by molar-refractivity contribution is 7.15. The number of aliphatic hydroxyl groups is 1. The Bertz CT molecular complexity index is 735. The van der Waals surface area contributed by atoms with E-state index >= 15 is 0 Å². The molecule has 4 nitrogen and oxygen atoms in total. The van der Waals surface area contributed by atoms with E-state index in [1.165, 1.54) is 11.3 Å². The third-order valence-electron chi connectivity index (χ3n) is 2.77. The topological polar surface area (TPSA) is 46.8 Å². The molecule has 0 unspecified atom stereocenters. The van der Waals surface area contributed by atoms with Gasteiger partial charge in [-0.1, -0.05) is 17.7 Å². The highest BCUT2D eigenvalue weighted by Gasteiger charge is 2.15. The monoisotopic (exact) mass is 294 g/mol. The molecule has 3 aromatic rings. The van der Waals surface area contributed by atoms with Gasteiger partial charge in [0.2, 0.25) is 5.88 Å². The molecule has 2 heterocycles. The van der Waals surface area contributed by atoms with Crippen molar-refractivity contribution in [3.63, 3.8) is 0 Å². The predicted molar refractivity (Wildman–Crippen MR) is 75.3 cm³/mol. The number of aromatic nitrogens is 2. The minimum absolute atomic E-state index is 0.142. The van der Waals surface area contributed by atoms with Crippen LogP contribution in [0.4, 0.5) is 0 Å². The van der Waals surface area contributed by atoms with Crippen LogP contribution in [0.5, 0.6) is 11.6 Å². The zero-order valence-corrected chi connectivity index (χ0v) is 11.7. The molecule has 0 amide bonds. The van der Waals surface area contributed by atoms with Gasteiger partial charge in [-0.15, -0.1) is 11.3 Å². The molecule has 0 atom stereocenters. The number of thiazole rings is 1. The first-order valence-electron chi connectivity index (χ1n) is 5.68. The predicted octanol–water partition coefficient (Wildman–Crippen LogP) is 3.64. The number of aliphatic hydroxyl groups excluding tert-OH is 1. The van der Waals surface area contributed by atoms with Crippen molar-refractivity contribution in [3.8, 4) is 11.6 Å². The molecule has 1 N–H and O–H groups in total. The Kier molecular flexibility index (Phi) is 3.18. The molecule has 0 fully saturated rings. The zero-order valence-electron chi connectivity index (χ0n) is 10.1. The Morgan fingerprint density at radius 2 is 2.32 bits per heavy atom. The van der Waals surface area contributed by atoms with Crippen molar-refractivity contribution in [2.45, 2.75) is 13.5 Å². The highest BCUT2D eigenvalue weighted by atomic mass is 35.5. The van der Waals surface area contributed by atoms with Gasteiger partial charge in [-0.2, -0.15) is 4.98 Å². The van der Waals surface area contributed by atoms with Gasteiger partial charge in [0.25, 0.3) is 0 Å². The number of aryl methyl sites for hydroxylation is 1. The fourth-order valence-corrected chi connectivity index (χ4v) is 2.71. The summed E-state index contributed by atoms with van der Waals surface area (Å²) in [4.78, 5) is 5.13. The summed E-state index contributed by atoms with van der Waals surface area (Å²) in [5.41, 5.74) is 1.67. The van der Waals surface area contributed by atoms with Crippen LogP contribution >= 0.6 is 22.9 Å². The van der Waals surface area contributed by atoms with Crippen LogP contribution in [0.3, 0.4) is 0 Å². The van der Waals surface area contributed by atoms with Crippen LogP contribution in [0.15, 0.2) is 29.8 Å². The van der Waals surface area contributed by atoms with E-state index < -0.39 is 0 Å². The molecule has 1 aromatic carbocycles. The van der Waals surface area contributed by atoms with Crippen molar-refractivity contribution < 1.29 is 9.84 Å². The molecule has 3 rings (SSSR count). The molecule has 0 saturated heterocycles. The second-order valence-electron chi connectivity index (χ2n) is 4.11. The maximum Gasteiger partial charge on any atom is 0.244 e. The average Bonchev–Trinajstić information content (AvgIpc) is 2.94. The molecule has 0 bridgehead atoms. The molecule has 98 valence electrons. The Labute approximate surface area is 118 Å². The molecular formula is C13H11ClN2O2S. The van der Waals surface area contributed by atoms with Crippen LogP contribution in [0.2, 0.25) is 5.02 Å². The molecule has 19 heavy (non-hydrogen) atoms. The fraction of sp³-hybridized carbons (Fsp3) is 0.154. The first-order chi connectivity index (χ1) is 9.19. The van der Waals surface area contributed by atoms with Gasteiger partial charge in [-0.05, 0) is 24.6 Å². The van der Waals surface area contributed by atoms with Crippen LogP contribution in [-0.4, -0.2) is 14.5 Å². The van der Waals surface area contributed by atoms with E-state index in [0.717, 1.165) is 10.5 Å². The van der Waals surface area contributed by atoms with Gasteiger partial charge >= 0.3 is 0 Å². The van der Waals surface area contributed by atoms with E-state index in [9.17, 15) is 5.11 Å². The minimum Gasteiger partial charge on any atom is -0.436 e. The highest BCUT2D eigenvalue weighted by Crippen LogP contribution is 2.32. The van der Waals surface area contributed by atoms with Gasteiger partial charge in [-0.25, -0.2) is 0 Å². The second-order valence-corrected chi connectivity index (χ2v) is 5.39. The third kappa shape index (κ3) is 2.20. The van der Waals surface area contributed by atoms with Crippen LogP contribution in [0.1, 0.15) is 11.3 Å². The lowest BCUT2D eigenvalue weighted by atomic mass is 10.2. The van der Waals surface area contributed by atoms with Crippen LogP contribution in [-0.2, 0) is 6.61 Å². The van der Waals surface area contributed by atoms with E-state index in [2.05, 4.69) is 4.98 Å². The summed E-state index contributed by atoms with van der Waals surface area (Å²) in [7, 11) is 0. The van der Waals surface area contributed by atoms with Gasteiger partial charge in [0.05, 0.1) is 11.6 Å². The van der Waals surface area contributed by atoms with E-state index in [1.54, 1.807) is 6.07 Å². The Morgan fingerprint density at radius 3 is 3.11 bits per heavy atom. The first-order valence-corrected chi connectivity index (χ1v) is 6.94. The van der Waals surface area contributed by atoms with Crippen molar-refractivity contribution in [3.05, 3.63) is 46.1 Å². The van der Waals surface area contributed by atoms with E-state index in [4.69, 9.17) is 16.3 Å². The van der Waals surface area contributed by atoms with Gasteiger partial charge in [0, 0.05) is 11.6 Å². The fourth-order valence-electron chi connectivity index (χ4n) is 1.83. The molecule has 0 aliphatic heterocycles. The Morgan fingerprint density at radius 1 is 1.47 bits per heavy atom. The number of fused-ring (bicyclic) bond motifs is 1. The van der Waals surface area contributed by atoms with E-state index in [1.807, 2.05) is 35.0 Å². The lowest BCUT2D eigenvalue weighted by molar-refractivity contribution is 0.270. The van der Waals surface area contributed by atoms with Crippen LogP contribution in [0.25, 0.3) is 4.96 Å². The summed E-state index contributed by atoms with van der Waals surface area (Å²) < 4.78 is 7.55. The summed E-state index contributed by atoms with van der Waals surface area (Å²) in [5, 5.41) is 11.9. The summed E-state index contributed by atoms with van der Waals surface area (Å²) >= 11 is 7.58. The van der Waals surface area contributed by atoms with Crippen molar-refractivity contribution in [2.75, 3.05) is 0 Å². The van der Waals surface area contributed by atoms with E-state index in [0.29, 0.717) is 22.3 Å². The molecular weight excluding hydrogens is 284 g/mol. The summed E-state index contributed by atoms with van der Waals surface area (Å²) in [5.74, 6) is 0.934. The molecule has 2 aromatic heterocycles. The van der Waals surface area contributed by atoms with Crippen molar-refractivity contribution in [1.29, 1.82) is 0 Å². The molecule has 0 aliphatic carbocycles. The van der Waals surface area contributed by atoms with Gasteiger partial charge in [-0.3, -0.25) is 4.40 Å². The molecule has 6 heteroatoms. The molecule has 0 spiro atoms. The van der Waals surface area contributed by atoms with Gasteiger partial charge in [0.15, 0.2) is 4.96 Å². The van der Waals surface area contributed by atoms with Crippen LogP contribution in [0, 0.1) is 6.92 Å². The van der Waals surface area contributed by atoms with Crippen molar-refractivity contribution in [1.82, 2.24) is 9.38 Å². The van der Waals surface area contributed by atoms with Crippen LogP contribution < -0.4 is 4.74 Å². The summed E-state index contributed by atoms with van der Waals surface area (Å²) in [6.45, 7) is 1.82. The summed E-state index contributed by atoms with van der Waals surface area (Å²) in [6.07, 6.45) is 1.85. The first kappa shape index (κ1) is 12.5. The third-order valence-corrected chi connectivity index (χ3v) is 3.84. The zero-order chi connectivity index (χ0) is 13.4. The number of ether oxygens (including phenoxy) is 1. The number of rotatable bonds is 3. The Balaban J connectivity index is 2.05. The second kappa shape index (κ2) is 4.85. The number of hydrogen-bond acceptors (Lipinski definition) is 4. The maximum atomic E-state index is 9.46. The molecule has 0 radical (unpaired) electrons. The quantitative estimate of drug-likeness (QED) is 0.802. The lowest BCUT2D eigenvalue weighted by Gasteiger charge is -2.07. The van der Waals surface area contributed by atoms with Gasteiger partial charge in [0.1, 0.15) is 11.4 Å². The largest absolute Gasteiger partial charge is 0.436 e. The maximum absolute atomic E-state index is 9.46. The minimum atomic E-state index is -0.142. The number of benzene rings is 1. The Hall–Kier alpha value is -1.56. The van der Waals surface area contributed by atoms with Crippen molar-refractivity contribution in [2.24, 2.45) is 0 Å².